The topological polar surface area (TPSA) is 29.9 Å². The molecule has 0 amide bonds. The summed E-state index contributed by atoms with van der Waals surface area (Å²) in [5, 5.41) is 3.49. The van der Waals surface area contributed by atoms with Gasteiger partial charge in [0.25, 0.3) is 0 Å². The van der Waals surface area contributed by atoms with Gasteiger partial charge in [0.15, 0.2) is 0 Å². The summed E-state index contributed by atoms with van der Waals surface area (Å²) in [6.07, 6.45) is 13.3. The molecule has 0 aromatic carbocycles. The van der Waals surface area contributed by atoms with Gasteiger partial charge in [0.1, 0.15) is 5.82 Å². The molecule has 0 fully saturated rings. The second-order valence-electron chi connectivity index (χ2n) is 4.98. The van der Waals surface area contributed by atoms with E-state index in [2.05, 4.69) is 34.9 Å². The Bertz CT molecular complexity index is 294. The number of aryl methyl sites for hydroxylation is 1. The van der Waals surface area contributed by atoms with E-state index in [1.807, 2.05) is 6.20 Å². The van der Waals surface area contributed by atoms with Gasteiger partial charge in [-0.25, -0.2) is 4.98 Å². The van der Waals surface area contributed by atoms with Crippen LogP contribution in [0.25, 0.3) is 0 Å². The highest BCUT2D eigenvalue weighted by atomic mass is 15.1. The standard InChI is InChI=1S/C15H29N3/c1-3-5-6-7-8-9-10-16-14-15-17-11-13-18(15)12-4-2/h11,13,16H,3-10,12,14H2,1-2H3. The van der Waals surface area contributed by atoms with E-state index in [0.717, 1.165) is 19.6 Å². The lowest BCUT2D eigenvalue weighted by Crippen LogP contribution is -2.18. The van der Waals surface area contributed by atoms with E-state index in [9.17, 15) is 0 Å². The van der Waals surface area contributed by atoms with Crippen LogP contribution in [0, 0.1) is 0 Å². The van der Waals surface area contributed by atoms with Gasteiger partial charge in [-0.05, 0) is 19.4 Å². The van der Waals surface area contributed by atoms with Crippen LogP contribution < -0.4 is 5.32 Å². The van der Waals surface area contributed by atoms with E-state index in [4.69, 9.17) is 0 Å². The minimum Gasteiger partial charge on any atom is -0.334 e. The Labute approximate surface area is 112 Å². The van der Waals surface area contributed by atoms with Crippen molar-refractivity contribution in [3.8, 4) is 0 Å². The smallest absolute Gasteiger partial charge is 0.122 e. The molecule has 1 N–H and O–H groups in total. The molecule has 3 heteroatoms. The van der Waals surface area contributed by atoms with Gasteiger partial charge in [0, 0.05) is 18.9 Å². The normalized spacial score (nSPS) is 11.0. The molecule has 104 valence electrons. The Morgan fingerprint density at radius 1 is 1.06 bits per heavy atom. The SMILES string of the molecule is CCCCCCCCNCc1nccn1CCC. The van der Waals surface area contributed by atoms with Crippen molar-refractivity contribution in [1.82, 2.24) is 14.9 Å². The molecule has 0 radical (unpaired) electrons. The van der Waals surface area contributed by atoms with Crippen LogP contribution >= 0.6 is 0 Å². The molecular weight excluding hydrogens is 222 g/mol. The summed E-state index contributed by atoms with van der Waals surface area (Å²) in [5.74, 6) is 1.17. The summed E-state index contributed by atoms with van der Waals surface area (Å²) >= 11 is 0. The molecule has 0 aliphatic carbocycles. The first-order valence-corrected chi connectivity index (χ1v) is 7.59. The predicted octanol–water partition coefficient (Wildman–Crippen LogP) is 3.74. The van der Waals surface area contributed by atoms with Gasteiger partial charge in [-0.3, -0.25) is 0 Å². The van der Waals surface area contributed by atoms with Gasteiger partial charge < -0.3 is 9.88 Å². The molecule has 1 aromatic rings. The zero-order chi connectivity index (χ0) is 13.1. The van der Waals surface area contributed by atoms with Crippen molar-refractivity contribution in [2.75, 3.05) is 6.54 Å². The number of imidazole rings is 1. The summed E-state index contributed by atoms with van der Waals surface area (Å²) in [6, 6.07) is 0. The van der Waals surface area contributed by atoms with E-state index < -0.39 is 0 Å². The van der Waals surface area contributed by atoms with Gasteiger partial charge in [0.2, 0.25) is 0 Å². The molecule has 0 unspecified atom stereocenters. The van der Waals surface area contributed by atoms with Gasteiger partial charge in [-0.2, -0.15) is 0 Å². The highest BCUT2D eigenvalue weighted by Crippen LogP contribution is 2.04. The van der Waals surface area contributed by atoms with Gasteiger partial charge in [0.05, 0.1) is 6.54 Å². The maximum atomic E-state index is 4.39. The average Bonchev–Trinajstić information content (AvgIpc) is 2.81. The molecule has 0 aliphatic rings. The van der Waals surface area contributed by atoms with Gasteiger partial charge >= 0.3 is 0 Å². The monoisotopic (exact) mass is 251 g/mol. The molecule has 18 heavy (non-hydrogen) atoms. The molecule has 3 nitrogen and oxygen atoms in total. The van der Waals surface area contributed by atoms with Crippen LogP contribution in [0.3, 0.4) is 0 Å². The Balaban J connectivity index is 2.01. The van der Waals surface area contributed by atoms with E-state index in [1.165, 1.54) is 50.8 Å². The van der Waals surface area contributed by atoms with Crippen molar-refractivity contribution in [2.24, 2.45) is 0 Å². The average molecular weight is 251 g/mol. The van der Waals surface area contributed by atoms with Crippen LogP contribution in [-0.4, -0.2) is 16.1 Å². The number of hydrogen-bond acceptors (Lipinski definition) is 2. The van der Waals surface area contributed by atoms with Crippen LogP contribution in [0.2, 0.25) is 0 Å². The summed E-state index contributed by atoms with van der Waals surface area (Å²) < 4.78 is 2.24. The molecule has 0 atom stereocenters. The first kappa shape index (κ1) is 15.2. The third kappa shape index (κ3) is 6.20. The molecule has 0 saturated heterocycles. The van der Waals surface area contributed by atoms with E-state index in [0.29, 0.717) is 0 Å². The quantitative estimate of drug-likeness (QED) is 0.607. The van der Waals surface area contributed by atoms with Crippen molar-refractivity contribution in [3.63, 3.8) is 0 Å². The van der Waals surface area contributed by atoms with Crippen LogP contribution in [0.4, 0.5) is 0 Å². The highest BCUT2D eigenvalue weighted by molar-refractivity contribution is 4.91. The first-order valence-electron chi connectivity index (χ1n) is 7.59. The lowest BCUT2D eigenvalue weighted by molar-refractivity contribution is 0.549. The fourth-order valence-electron chi connectivity index (χ4n) is 2.18. The number of nitrogens with one attached hydrogen (secondary N) is 1. The highest BCUT2D eigenvalue weighted by Gasteiger charge is 2.00. The number of aromatic nitrogens is 2. The Hall–Kier alpha value is -0.830. The Morgan fingerprint density at radius 3 is 2.61 bits per heavy atom. The Morgan fingerprint density at radius 2 is 1.83 bits per heavy atom. The van der Waals surface area contributed by atoms with Crippen LogP contribution in [0.15, 0.2) is 12.4 Å². The van der Waals surface area contributed by atoms with Crippen molar-refractivity contribution >= 4 is 0 Å². The molecule has 0 aliphatic heterocycles. The summed E-state index contributed by atoms with van der Waals surface area (Å²) in [7, 11) is 0. The first-order chi connectivity index (χ1) is 8.88. The number of rotatable bonds is 11. The van der Waals surface area contributed by atoms with Gasteiger partial charge in [-0.15, -0.1) is 0 Å². The maximum absolute atomic E-state index is 4.39. The van der Waals surface area contributed by atoms with E-state index >= 15 is 0 Å². The molecule has 1 aromatic heterocycles. The lowest BCUT2D eigenvalue weighted by atomic mass is 10.1. The minimum absolute atomic E-state index is 0.905. The molecule has 1 heterocycles. The molecule has 0 bridgehead atoms. The minimum atomic E-state index is 0.905. The number of unbranched alkanes of at least 4 members (excludes halogenated alkanes) is 5. The predicted molar refractivity (Wildman–Crippen MR) is 77.6 cm³/mol. The van der Waals surface area contributed by atoms with E-state index in [-0.39, 0.29) is 0 Å². The Kier molecular flexibility index (Phi) is 8.57. The van der Waals surface area contributed by atoms with E-state index in [1.54, 1.807) is 0 Å². The molecule has 1 rings (SSSR count). The van der Waals surface area contributed by atoms with Crippen LogP contribution in [0.5, 0.6) is 0 Å². The molecular formula is C15H29N3. The summed E-state index contributed by atoms with van der Waals surface area (Å²) in [6.45, 7) is 7.56. The van der Waals surface area contributed by atoms with Crippen LogP contribution in [-0.2, 0) is 13.1 Å². The zero-order valence-corrected chi connectivity index (χ0v) is 12.1. The third-order valence-electron chi connectivity index (χ3n) is 3.26. The largest absolute Gasteiger partial charge is 0.334 e. The maximum Gasteiger partial charge on any atom is 0.122 e. The van der Waals surface area contributed by atoms with Crippen LogP contribution in [0.1, 0.15) is 64.6 Å². The summed E-state index contributed by atoms with van der Waals surface area (Å²) in [5.41, 5.74) is 0. The number of hydrogen-bond donors (Lipinski definition) is 1. The fraction of sp³-hybridized carbons (Fsp3) is 0.800. The zero-order valence-electron chi connectivity index (χ0n) is 12.1. The molecule has 0 spiro atoms. The lowest BCUT2D eigenvalue weighted by Gasteiger charge is -2.07. The molecule has 0 saturated carbocycles. The van der Waals surface area contributed by atoms with Gasteiger partial charge in [-0.1, -0.05) is 46.0 Å². The second-order valence-corrected chi connectivity index (χ2v) is 4.98. The second kappa shape index (κ2) is 10.1. The van der Waals surface area contributed by atoms with Crippen molar-refractivity contribution in [2.45, 2.75) is 71.9 Å². The third-order valence-corrected chi connectivity index (χ3v) is 3.26. The summed E-state index contributed by atoms with van der Waals surface area (Å²) in [4.78, 5) is 4.39. The fourth-order valence-corrected chi connectivity index (χ4v) is 2.18. The van der Waals surface area contributed by atoms with Crippen molar-refractivity contribution < 1.29 is 0 Å². The van der Waals surface area contributed by atoms with Crippen molar-refractivity contribution in [3.05, 3.63) is 18.2 Å². The van der Waals surface area contributed by atoms with Crippen molar-refractivity contribution in [1.29, 1.82) is 0 Å². The number of nitrogens with zero attached hydrogens (tertiary/aromatic N) is 2.